The van der Waals surface area contributed by atoms with Crippen molar-refractivity contribution in [2.45, 2.75) is 0 Å². The Hall–Kier alpha value is 1.69. The molecule has 1 N–H and O–H groups in total. The molecule has 21 heavy (non-hydrogen) atoms. The molecular weight excluding hydrogens is 372 g/mol. The van der Waals surface area contributed by atoms with E-state index in [-0.39, 0.29) is 59.1 Å². The van der Waals surface area contributed by atoms with Crippen LogP contribution < -0.4 is 59.1 Å². The van der Waals surface area contributed by atoms with Gasteiger partial charge in [0, 0.05) is 19.6 Å². The van der Waals surface area contributed by atoms with Crippen LogP contribution in [0.15, 0.2) is 0 Å². The van der Waals surface area contributed by atoms with Crippen molar-refractivity contribution in [2.75, 3.05) is 36.9 Å². The Kier molecular flexibility index (Phi) is 14.8. The molecule has 0 rings (SSSR count). The maximum absolute atomic E-state index is 10.5. The summed E-state index contributed by atoms with van der Waals surface area (Å²) < 4.78 is 92.0. The van der Waals surface area contributed by atoms with Crippen molar-refractivity contribution in [3.63, 3.8) is 0 Å². The second-order valence-electron chi connectivity index (χ2n) is 3.65. The van der Waals surface area contributed by atoms with Gasteiger partial charge in [0.05, 0.1) is 37.5 Å². The van der Waals surface area contributed by atoms with E-state index in [9.17, 15) is 34.4 Å². The molecule has 0 saturated heterocycles. The van der Waals surface area contributed by atoms with Gasteiger partial charge in [0.1, 0.15) is 0 Å². The first-order chi connectivity index (χ1) is 8.29. The Bertz CT molecular complexity index is 499. The van der Waals surface area contributed by atoms with Gasteiger partial charge in [0.25, 0.3) is 10.1 Å². The molecule has 0 heterocycles. The molecule has 0 aromatic rings. The summed E-state index contributed by atoms with van der Waals surface area (Å²) in [5.74, 6) is -2.50. The van der Waals surface area contributed by atoms with Crippen molar-refractivity contribution in [3.05, 3.63) is 0 Å². The molecule has 15 heteroatoms. The molecule has 0 unspecified atom stereocenters. The number of nitrogens with zero attached hydrogens (tertiary/aromatic N) is 1. The van der Waals surface area contributed by atoms with Gasteiger partial charge >= 0.3 is 59.1 Å². The monoisotopic (exact) mass is 385 g/mol. The number of hydrogen-bond donors (Lipinski definition) is 1. The van der Waals surface area contributed by atoms with Gasteiger partial charge in [0.15, 0.2) is 0 Å². The summed E-state index contributed by atoms with van der Waals surface area (Å²) in [5, 5.41) is 0. The summed E-state index contributed by atoms with van der Waals surface area (Å²) in [6.45, 7) is -1.27. The fourth-order valence-electron chi connectivity index (χ4n) is 1.06. The van der Waals surface area contributed by atoms with Gasteiger partial charge in [0.2, 0.25) is 0 Å². The Morgan fingerprint density at radius 2 is 1.00 bits per heavy atom. The second-order valence-corrected chi connectivity index (χ2v) is 8.27. The summed E-state index contributed by atoms with van der Waals surface area (Å²) in [6, 6.07) is 0. The van der Waals surface area contributed by atoms with Crippen LogP contribution in [0.4, 0.5) is 0 Å². The largest absolute Gasteiger partial charge is 1.00 e. The van der Waals surface area contributed by atoms with Gasteiger partial charge in [-0.25, -0.2) is 16.8 Å². The average molecular weight is 385 g/mol. The van der Waals surface area contributed by atoms with Gasteiger partial charge < -0.3 is 14.0 Å². The van der Waals surface area contributed by atoms with E-state index in [0.29, 0.717) is 0 Å². The average Bonchev–Trinajstić information content (AvgIpc) is 2.11. The maximum Gasteiger partial charge on any atom is 1.00 e. The van der Waals surface area contributed by atoms with Crippen molar-refractivity contribution in [1.29, 1.82) is 0 Å². The second kappa shape index (κ2) is 11.3. The Labute approximate surface area is 168 Å². The molecule has 0 aliphatic carbocycles. The van der Waals surface area contributed by atoms with E-state index in [4.69, 9.17) is 4.55 Å². The van der Waals surface area contributed by atoms with E-state index < -0.39 is 67.2 Å². The van der Waals surface area contributed by atoms with Crippen LogP contribution in [0.25, 0.3) is 0 Å². The van der Waals surface area contributed by atoms with Crippen LogP contribution in [0.1, 0.15) is 0 Å². The predicted octanol–water partition coefficient (Wildman–Crippen LogP) is -8.73. The van der Waals surface area contributed by atoms with Crippen molar-refractivity contribution in [2.24, 2.45) is 0 Å². The standard InChI is InChI=1S/C6H15NO9S3.2Na/c8-17(9,10)4-1-7(2-5-18(11,12)13)3-6-19(14,15)16;;/h1-6H2,(H,8,9,10)(H,11,12,13)(H,14,15,16);;/q;2*+1/p-2. The molecule has 0 aromatic heterocycles. The molecular formula is C6H13NNa2O9S3. The summed E-state index contributed by atoms with van der Waals surface area (Å²) in [7, 11) is -13.4. The van der Waals surface area contributed by atoms with Crippen molar-refractivity contribution < 1.29 is 98.0 Å². The molecule has 0 radical (unpaired) electrons. The molecule has 10 nitrogen and oxygen atoms in total. The van der Waals surface area contributed by atoms with E-state index in [1.807, 2.05) is 0 Å². The maximum atomic E-state index is 10.5. The Balaban J connectivity index is -0.00000162. The van der Waals surface area contributed by atoms with E-state index in [2.05, 4.69) is 0 Å². The van der Waals surface area contributed by atoms with Gasteiger partial charge in [-0.1, -0.05) is 0 Å². The zero-order valence-corrected chi connectivity index (χ0v) is 18.1. The topological polar surface area (TPSA) is 172 Å². The SMILES string of the molecule is O=S(=O)([O-])CCN(CCS(=O)(=O)[O-])CCS(=O)(=O)O.[Na+].[Na+]. The van der Waals surface area contributed by atoms with Crippen LogP contribution in [0.5, 0.6) is 0 Å². The van der Waals surface area contributed by atoms with E-state index >= 15 is 0 Å². The van der Waals surface area contributed by atoms with Gasteiger partial charge in [-0.3, -0.25) is 4.55 Å². The van der Waals surface area contributed by atoms with Gasteiger partial charge in [-0.2, -0.15) is 8.42 Å². The molecule has 0 aliphatic rings. The summed E-state index contributed by atoms with van der Waals surface area (Å²) >= 11 is 0. The first kappa shape index (κ1) is 27.5. The van der Waals surface area contributed by atoms with Crippen LogP contribution in [-0.4, -0.2) is 80.7 Å². The molecule has 0 saturated carbocycles. The zero-order valence-electron chi connectivity index (χ0n) is 11.6. The molecule has 0 bridgehead atoms. The summed E-state index contributed by atoms with van der Waals surface area (Å²) in [5.41, 5.74) is 0. The van der Waals surface area contributed by atoms with E-state index in [1.165, 1.54) is 0 Å². The van der Waals surface area contributed by atoms with Crippen LogP contribution in [-0.2, 0) is 30.4 Å². The number of hydrogen-bond acceptors (Lipinski definition) is 9. The molecule has 116 valence electrons. The first-order valence-corrected chi connectivity index (χ1v) is 9.59. The predicted molar refractivity (Wildman–Crippen MR) is 62.0 cm³/mol. The molecule has 0 aromatic carbocycles. The summed E-state index contributed by atoms with van der Waals surface area (Å²) in [4.78, 5) is 0.985. The minimum atomic E-state index is -4.56. The first-order valence-electron chi connectivity index (χ1n) is 4.83. The molecule has 0 spiro atoms. The van der Waals surface area contributed by atoms with Crippen LogP contribution in [0, 0.1) is 0 Å². The normalized spacial score (nSPS) is 12.6. The van der Waals surface area contributed by atoms with Crippen molar-refractivity contribution >= 4 is 30.4 Å². The van der Waals surface area contributed by atoms with Crippen molar-refractivity contribution in [1.82, 2.24) is 4.90 Å². The molecule has 0 aliphatic heterocycles. The minimum Gasteiger partial charge on any atom is -0.748 e. The zero-order chi connectivity index (χ0) is 15.3. The van der Waals surface area contributed by atoms with Gasteiger partial charge in [-0.05, 0) is 0 Å². The third-order valence-corrected chi connectivity index (χ3v) is 4.04. The van der Waals surface area contributed by atoms with Crippen LogP contribution in [0.3, 0.4) is 0 Å². The van der Waals surface area contributed by atoms with E-state index in [1.54, 1.807) is 0 Å². The fourth-order valence-corrected chi connectivity index (χ4v) is 2.51. The molecule has 0 amide bonds. The van der Waals surface area contributed by atoms with E-state index in [0.717, 1.165) is 4.90 Å². The quantitative estimate of drug-likeness (QED) is 0.297. The number of rotatable bonds is 9. The Morgan fingerprint density at radius 1 is 0.714 bits per heavy atom. The van der Waals surface area contributed by atoms with Gasteiger partial charge in [-0.15, -0.1) is 0 Å². The summed E-state index contributed by atoms with van der Waals surface area (Å²) in [6.07, 6.45) is 0. The molecule has 0 fully saturated rings. The van der Waals surface area contributed by atoms with Crippen LogP contribution >= 0.6 is 0 Å². The minimum absolute atomic E-state index is 0. The Morgan fingerprint density at radius 3 is 1.24 bits per heavy atom. The molecule has 0 atom stereocenters. The third-order valence-electron chi connectivity index (χ3n) is 1.98. The van der Waals surface area contributed by atoms with Crippen molar-refractivity contribution in [3.8, 4) is 0 Å². The fraction of sp³-hybridized carbons (Fsp3) is 1.00. The smallest absolute Gasteiger partial charge is 0.748 e. The third kappa shape index (κ3) is 21.7. The van der Waals surface area contributed by atoms with Crippen LogP contribution in [0.2, 0.25) is 0 Å².